The number of alkyl halides is 3. The lowest BCUT2D eigenvalue weighted by Crippen LogP contribution is -2.02. The minimum Gasteiger partial charge on any atom is -0.486 e. The van der Waals surface area contributed by atoms with Crippen molar-refractivity contribution in [2.75, 3.05) is 0 Å². The third-order valence-electron chi connectivity index (χ3n) is 2.25. The van der Waals surface area contributed by atoms with Crippen molar-refractivity contribution >= 4 is 22.9 Å². The number of benzene rings is 1. The number of hydrogen-bond acceptors (Lipinski definition) is 3. The zero-order valence-corrected chi connectivity index (χ0v) is 11.4. The molecule has 0 saturated heterocycles. The summed E-state index contributed by atoms with van der Waals surface area (Å²) in [5.74, 6) is 0.439. The Morgan fingerprint density at radius 2 is 2.11 bits per heavy atom. The predicted octanol–water partition coefficient (Wildman–Crippen LogP) is 4.70. The lowest BCUT2D eigenvalue weighted by Gasteiger charge is -2.07. The zero-order chi connectivity index (χ0) is 14.0. The van der Waals surface area contributed by atoms with Crippen LogP contribution in [0.2, 0.25) is 5.02 Å². The third kappa shape index (κ3) is 3.61. The number of halogens is 4. The Morgan fingerprint density at radius 1 is 1.37 bits per heavy atom. The normalized spacial score (nSPS) is 11.6. The van der Waals surface area contributed by atoms with Crippen LogP contribution in [0.4, 0.5) is 13.2 Å². The molecule has 0 fully saturated rings. The van der Waals surface area contributed by atoms with Gasteiger partial charge in [-0.1, -0.05) is 17.7 Å². The second-order valence-corrected chi connectivity index (χ2v) is 5.37. The molecule has 1 heterocycles. The minimum atomic E-state index is -4.41. The van der Waals surface area contributed by atoms with Gasteiger partial charge in [-0.05, 0) is 24.6 Å². The quantitative estimate of drug-likeness (QED) is 0.820. The van der Waals surface area contributed by atoms with Gasteiger partial charge in [-0.3, -0.25) is 0 Å². The van der Waals surface area contributed by atoms with Gasteiger partial charge in [0.25, 0.3) is 0 Å². The number of rotatable bonds is 3. The maximum absolute atomic E-state index is 12.4. The highest BCUT2D eigenvalue weighted by Gasteiger charge is 2.34. The van der Waals surface area contributed by atoms with Crippen LogP contribution in [0.25, 0.3) is 0 Å². The van der Waals surface area contributed by atoms with Gasteiger partial charge in [0.05, 0.1) is 9.90 Å². The highest BCUT2D eigenvalue weighted by molar-refractivity contribution is 7.11. The van der Waals surface area contributed by atoms with Crippen molar-refractivity contribution in [3.8, 4) is 5.75 Å². The Balaban J connectivity index is 2.04. The largest absolute Gasteiger partial charge is 0.486 e. The molecular weight excluding hydrogens is 299 g/mol. The first-order chi connectivity index (χ1) is 8.86. The summed E-state index contributed by atoms with van der Waals surface area (Å²) >= 11 is 6.52. The van der Waals surface area contributed by atoms with Gasteiger partial charge in [0.2, 0.25) is 0 Å². The van der Waals surface area contributed by atoms with Crippen LogP contribution in [0.3, 0.4) is 0 Å². The molecular formula is C12H9ClF3NOS. The average molecular weight is 308 g/mol. The summed E-state index contributed by atoms with van der Waals surface area (Å²) in [6.45, 7) is 1.89. The van der Waals surface area contributed by atoms with E-state index in [1.54, 1.807) is 12.1 Å². The van der Waals surface area contributed by atoms with Crippen LogP contribution in [0.1, 0.15) is 15.4 Å². The second-order valence-electron chi connectivity index (χ2n) is 3.85. The molecule has 2 rings (SSSR count). The van der Waals surface area contributed by atoms with Crippen LogP contribution in [-0.2, 0) is 12.8 Å². The molecule has 0 aliphatic carbocycles. The molecule has 7 heteroatoms. The molecule has 0 radical (unpaired) electrons. The van der Waals surface area contributed by atoms with Crippen molar-refractivity contribution in [1.29, 1.82) is 0 Å². The molecule has 0 aliphatic heterocycles. The molecule has 0 atom stereocenters. The number of aryl methyl sites for hydroxylation is 1. The van der Waals surface area contributed by atoms with E-state index in [4.69, 9.17) is 16.3 Å². The first kappa shape index (κ1) is 14.1. The molecule has 0 saturated carbocycles. The Labute approximate surface area is 116 Å². The van der Waals surface area contributed by atoms with E-state index in [9.17, 15) is 13.2 Å². The Hall–Kier alpha value is -1.27. The lowest BCUT2D eigenvalue weighted by atomic mass is 10.2. The Morgan fingerprint density at radius 3 is 2.68 bits per heavy atom. The number of thiazole rings is 1. The van der Waals surface area contributed by atoms with Crippen LogP contribution in [0.5, 0.6) is 5.75 Å². The van der Waals surface area contributed by atoms with E-state index in [0.717, 1.165) is 11.8 Å². The third-order valence-corrected chi connectivity index (χ3v) is 3.56. The van der Waals surface area contributed by atoms with E-state index in [1.165, 1.54) is 0 Å². The van der Waals surface area contributed by atoms with Gasteiger partial charge < -0.3 is 4.74 Å². The maximum atomic E-state index is 12.4. The van der Waals surface area contributed by atoms with Crippen molar-refractivity contribution in [3.63, 3.8) is 0 Å². The number of aromatic nitrogens is 1. The fourth-order valence-corrected chi connectivity index (χ4v) is 2.36. The summed E-state index contributed by atoms with van der Waals surface area (Å²) in [4.78, 5) is 3.71. The van der Waals surface area contributed by atoms with Crippen molar-refractivity contribution in [1.82, 2.24) is 4.98 Å². The molecule has 1 aromatic heterocycles. The molecule has 2 nitrogen and oxygen atoms in total. The second kappa shape index (κ2) is 5.38. The van der Waals surface area contributed by atoms with Crippen molar-refractivity contribution < 1.29 is 17.9 Å². The van der Waals surface area contributed by atoms with Crippen LogP contribution < -0.4 is 4.74 Å². The molecule has 0 spiro atoms. The van der Waals surface area contributed by atoms with E-state index in [-0.39, 0.29) is 6.61 Å². The summed E-state index contributed by atoms with van der Waals surface area (Å²) in [6, 6.07) is 5.23. The molecule has 102 valence electrons. The highest BCUT2D eigenvalue weighted by atomic mass is 35.5. The minimum absolute atomic E-state index is 0.0104. The van der Waals surface area contributed by atoms with Gasteiger partial charge in [-0.25, -0.2) is 4.98 Å². The molecule has 0 unspecified atom stereocenters. The Kier molecular flexibility index (Phi) is 4.01. The molecule has 0 aliphatic rings. The van der Waals surface area contributed by atoms with Crippen LogP contribution in [-0.4, -0.2) is 4.98 Å². The van der Waals surface area contributed by atoms with Crippen molar-refractivity contribution in [2.45, 2.75) is 19.7 Å². The van der Waals surface area contributed by atoms with Crippen molar-refractivity contribution in [2.24, 2.45) is 0 Å². The average Bonchev–Trinajstić information content (AvgIpc) is 2.76. The van der Waals surface area contributed by atoms with E-state index in [0.29, 0.717) is 27.0 Å². The van der Waals surface area contributed by atoms with Gasteiger partial charge in [0.1, 0.15) is 12.4 Å². The SMILES string of the molecule is Cc1ccc(OCc2cnc(C(F)(F)F)s2)c(Cl)c1. The summed E-state index contributed by atoms with van der Waals surface area (Å²) in [5.41, 5.74) is 0.981. The van der Waals surface area contributed by atoms with Crippen LogP contribution in [0, 0.1) is 6.92 Å². The van der Waals surface area contributed by atoms with Gasteiger partial charge >= 0.3 is 6.18 Å². The predicted molar refractivity (Wildman–Crippen MR) is 67.6 cm³/mol. The monoisotopic (exact) mass is 307 g/mol. The topological polar surface area (TPSA) is 22.1 Å². The van der Waals surface area contributed by atoms with Gasteiger partial charge in [-0.15, -0.1) is 11.3 Å². The van der Waals surface area contributed by atoms with Crippen LogP contribution >= 0.6 is 22.9 Å². The lowest BCUT2D eigenvalue weighted by molar-refractivity contribution is -0.137. The molecule has 19 heavy (non-hydrogen) atoms. The van der Waals surface area contributed by atoms with E-state index < -0.39 is 11.2 Å². The van der Waals surface area contributed by atoms with Gasteiger partial charge in [-0.2, -0.15) is 13.2 Å². The molecule has 1 aromatic carbocycles. The summed E-state index contributed by atoms with van der Waals surface area (Å²) < 4.78 is 42.5. The molecule has 0 N–H and O–H groups in total. The number of ether oxygens (including phenoxy) is 1. The van der Waals surface area contributed by atoms with Crippen molar-refractivity contribution in [3.05, 3.63) is 44.9 Å². The standard InChI is InChI=1S/C12H9ClF3NOS/c1-7-2-3-10(9(13)4-7)18-6-8-5-17-11(19-8)12(14,15)16/h2-5H,6H2,1H3. The zero-order valence-electron chi connectivity index (χ0n) is 9.79. The number of nitrogens with zero attached hydrogens (tertiary/aromatic N) is 1. The van der Waals surface area contributed by atoms with Crippen LogP contribution in [0.15, 0.2) is 24.4 Å². The molecule has 0 bridgehead atoms. The van der Waals surface area contributed by atoms with E-state index in [2.05, 4.69) is 4.98 Å². The summed E-state index contributed by atoms with van der Waals surface area (Å²) in [7, 11) is 0. The van der Waals surface area contributed by atoms with Gasteiger partial charge in [0, 0.05) is 6.20 Å². The first-order valence-electron chi connectivity index (χ1n) is 5.27. The summed E-state index contributed by atoms with van der Waals surface area (Å²) in [6.07, 6.45) is -3.25. The maximum Gasteiger partial charge on any atom is 0.443 e. The fourth-order valence-electron chi connectivity index (χ4n) is 1.38. The van der Waals surface area contributed by atoms with E-state index in [1.807, 2.05) is 13.0 Å². The van der Waals surface area contributed by atoms with Gasteiger partial charge in [0.15, 0.2) is 5.01 Å². The fraction of sp³-hybridized carbons (Fsp3) is 0.250. The molecule has 0 amide bonds. The smallest absolute Gasteiger partial charge is 0.443 e. The number of hydrogen-bond donors (Lipinski definition) is 0. The Bertz CT molecular complexity index is 583. The first-order valence-corrected chi connectivity index (χ1v) is 6.46. The summed E-state index contributed by atoms with van der Waals surface area (Å²) in [5, 5.41) is -0.443. The van der Waals surface area contributed by atoms with E-state index >= 15 is 0 Å². The highest BCUT2D eigenvalue weighted by Crippen LogP contribution is 2.33. The molecule has 2 aromatic rings.